The molecular weight excluding hydrogens is 210 g/mol. The van der Waals surface area contributed by atoms with Gasteiger partial charge in [0.25, 0.3) is 0 Å². The topological polar surface area (TPSA) is 59.0 Å². The smallest absolute Gasteiger partial charge is 0.326 e. The lowest BCUT2D eigenvalue weighted by Crippen LogP contribution is -2.55. The molecule has 16 heavy (non-hydrogen) atoms. The predicted octanol–water partition coefficient (Wildman–Crippen LogP) is 0.587. The van der Waals surface area contributed by atoms with Crippen molar-refractivity contribution in [2.75, 3.05) is 33.9 Å². The first-order valence-electron chi connectivity index (χ1n) is 5.56. The van der Waals surface area contributed by atoms with Crippen LogP contribution in [0, 0.1) is 0 Å². The van der Waals surface area contributed by atoms with Crippen molar-refractivity contribution in [1.82, 2.24) is 4.90 Å². The molecule has 5 heteroatoms. The molecule has 0 saturated carbocycles. The van der Waals surface area contributed by atoms with Crippen LogP contribution in [0.15, 0.2) is 0 Å². The first-order valence-corrected chi connectivity index (χ1v) is 5.56. The maximum absolute atomic E-state index is 11.3. The fourth-order valence-corrected chi connectivity index (χ4v) is 1.91. The number of aliphatic carboxylic acids is 1. The second kappa shape index (κ2) is 5.61. The van der Waals surface area contributed by atoms with Gasteiger partial charge in [0.15, 0.2) is 0 Å². The van der Waals surface area contributed by atoms with Gasteiger partial charge in [0.2, 0.25) is 0 Å². The van der Waals surface area contributed by atoms with Crippen molar-refractivity contribution in [2.45, 2.75) is 31.4 Å². The van der Waals surface area contributed by atoms with Crippen molar-refractivity contribution < 1.29 is 19.4 Å². The SMILES string of the molecule is COCC(C)(C(=O)O)N(C)CC1CCCO1. The summed E-state index contributed by atoms with van der Waals surface area (Å²) in [4.78, 5) is 13.1. The Kier molecular flexibility index (Phi) is 4.70. The van der Waals surface area contributed by atoms with Gasteiger partial charge in [-0.1, -0.05) is 0 Å². The molecule has 0 spiro atoms. The van der Waals surface area contributed by atoms with E-state index in [1.807, 2.05) is 0 Å². The van der Waals surface area contributed by atoms with Gasteiger partial charge in [0.05, 0.1) is 12.7 Å². The van der Waals surface area contributed by atoms with Gasteiger partial charge in [-0.25, -0.2) is 0 Å². The number of nitrogens with zero attached hydrogens (tertiary/aromatic N) is 1. The van der Waals surface area contributed by atoms with E-state index in [9.17, 15) is 9.90 Å². The summed E-state index contributed by atoms with van der Waals surface area (Å²) >= 11 is 0. The van der Waals surface area contributed by atoms with Crippen molar-refractivity contribution in [3.8, 4) is 0 Å². The molecular formula is C11H21NO4. The minimum absolute atomic E-state index is 0.153. The first-order chi connectivity index (χ1) is 7.50. The third-order valence-electron chi connectivity index (χ3n) is 3.23. The van der Waals surface area contributed by atoms with E-state index in [4.69, 9.17) is 9.47 Å². The van der Waals surface area contributed by atoms with Crippen molar-refractivity contribution in [2.24, 2.45) is 0 Å². The van der Waals surface area contributed by atoms with Crippen LogP contribution in [-0.4, -0.2) is 61.5 Å². The minimum atomic E-state index is -0.985. The van der Waals surface area contributed by atoms with Crippen LogP contribution < -0.4 is 0 Å². The maximum atomic E-state index is 11.3. The number of carboxylic acid groups (broad SMARTS) is 1. The van der Waals surface area contributed by atoms with Crippen LogP contribution in [0.4, 0.5) is 0 Å². The lowest BCUT2D eigenvalue weighted by Gasteiger charge is -2.35. The van der Waals surface area contributed by atoms with E-state index in [0.29, 0.717) is 6.54 Å². The van der Waals surface area contributed by atoms with E-state index in [1.165, 1.54) is 7.11 Å². The molecule has 0 aromatic heterocycles. The molecule has 0 radical (unpaired) electrons. The van der Waals surface area contributed by atoms with Gasteiger partial charge in [0.1, 0.15) is 5.54 Å². The Morgan fingerprint density at radius 2 is 2.38 bits per heavy atom. The zero-order chi connectivity index (χ0) is 12.2. The maximum Gasteiger partial charge on any atom is 0.326 e. The summed E-state index contributed by atoms with van der Waals surface area (Å²) in [6.07, 6.45) is 2.22. The highest BCUT2D eigenvalue weighted by Crippen LogP contribution is 2.19. The number of hydrogen-bond donors (Lipinski definition) is 1. The lowest BCUT2D eigenvalue weighted by atomic mass is 10.0. The van der Waals surface area contributed by atoms with Crippen molar-refractivity contribution in [3.05, 3.63) is 0 Å². The largest absolute Gasteiger partial charge is 0.480 e. The van der Waals surface area contributed by atoms with Crippen molar-refractivity contribution >= 4 is 5.97 Å². The van der Waals surface area contributed by atoms with Crippen LogP contribution >= 0.6 is 0 Å². The summed E-state index contributed by atoms with van der Waals surface area (Å²) in [6.45, 7) is 3.26. The summed E-state index contributed by atoms with van der Waals surface area (Å²) in [5.74, 6) is -0.866. The number of rotatable bonds is 6. The first kappa shape index (κ1) is 13.4. The van der Waals surface area contributed by atoms with Gasteiger partial charge in [-0.3, -0.25) is 9.69 Å². The van der Waals surface area contributed by atoms with E-state index in [-0.39, 0.29) is 12.7 Å². The van der Waals surface area contributed by atoms with Crippen molar-refractivity contribution in [1.29, 1.82) is 0 Å². The summed E-state index contributed by atoms with van der Waals surface area (Å²) in [5.41, 5.74) is -0.985. The molecule has 0 aromatic carbocycles. The third-order valence-corrected chi connectivity index (χ3v) is 3.23. The lowest BCUT2D eigenvalue weighted by molar-refractivity contribution is -0.154. The molecule has 1 N–H and O–H groups in total. The molecule has 1 aliphatic rings. The van der Waals surface area contributed by atoms with Gasteiger partial charge in [-0.2, -0.15) is 0 Å². The van der Waals surface area contributed by atoms with Gasteiger partial charge in [-0.15, -0.1) is 0 Å². The van der Waals surface area contributed by atoms with E-state index in [2.05, 4.69) is 0 Å². The van der Waals surface area contributed by atoms with Crippen LogP contribution in [0.5, 0.6) is 0 Å². The molecule has 94 valence electrons. The molecule has 1 saturated heterocycles. The highest BCUT2D eigenvalue weighted by atomic mass is 16.5. The Morgan fingerprint density at radius 3 is 2.81 bits per heavy atom. The van der Waals surface area contributed by atoms with Gasteiger partial charge < -0.3 is 14.6 Å². The molecule has 5 nitrogen and oxygen atoms in total. The Morgan fingerprint density at radius 1 is 1.69 bits per heavy atom. The third kappa shape index (κ3) is 2.93. The summed E-state index contributed by atoms with van der Waals surface area (Å²) in [6, 6.07) is 0. The van der Waals surface area contributed by atoms with Gasteiger partial charge >= 0.3 is 5.97 Å². The molecule has 0 aliphatic carbocycles. The van der Waals surface area contributed by atoms with Crippen molar-refractivity contribution in [3.63, 3.8) is 0 Å². The normalized spacial score (nSPS) is 24.6. The van der Waals surface area contributed by atoms with Crippen LogP contribution in [0.25, 0.3) is 0 Å². The highest BCUT2D eigenvalue weighted by molar-refractivity contribution is 5.78. The molecule has 1 aliphatic heterocycles. The number of likely N-dealkylation sites (N-methyl/N-ethyl adjacent to an activating group) is 1. The molecule has 0 aromatic rings. The molecule has 0 amide bonds. The molecule has 1 rings (SSSR count). The van der Waals surface area contributed by atoms with Crippen LogP contribution in [0.3, 0.4) is 0 Å². The van der Waals surface area contributed by atoms with E-state index in [1.54, 1.807) is 18.9 Å². The number of ether oxygens (including phenoxy) is 2. The summed E-state index contributed by atoms with van der Waals surface area (Å²) in [7, 11) is 3.32. The van der Waals surface area contributed by atoms with Crippen LogP contribution in [0.2, 0.25) is 0 Å². The second-order valence-corrected chi connectivity index (χ2v) is 4.53. The number of methoxy groups -OCH3 is 1. The zero-order valence-electron chi connectivity index (χ0n) is 10.2. The van der Waals surface area contributed by atoms with E-state index in [0.717, 1.165) is 19.4 Å². The minimum Gasteiger partial charge on any atom is -0.480 e. The summed E-state index contributed by atoms with van der Waals surface area (Å²) < 4.78 is 10.5. The highest BCUT2D eigenvalue weighted by Gasteiger charge is 2.39. The quantitative estimate of drug-likeness (QED) is 0.725. The summed E-state index contributed by atoms with van der Waals surface area (Å²) in [5, 5.41) is 9.25. The van der Waals surface area contributed by atoms with Crippen LogP contribution in [0.1, 0.15) is 19.8 Å². The average Bonchev–Trinajstić information content (AvgIpc) is 2.70. The molecule has 1 heterocycles. The zero-order valence-corrected chi connectivity index (χ0v) is 10.2. The number of carbonyl (C=O) groups is 1. The monoisotopic (exact) mass is 231 g/mol. The second-order valence-electron chi connectivity index (χ2n) is 4.53. The van der Waals surface area contributed by atoms with Crippen LogP contribution in [-0.2, 0) is 14.3 Å². The Bertz CT molecular complexity index is 240. The Balaban J connectivity index is 2.59. The van der Waals surface area contributed by atoms with Gasteiger partial charge in [-0.05, 0) is 26.8 Å². The number of hydrogen-bond acceptors (Lipinski definition) is 4. The Hall–Kier alpha value is -0.650. The standard InChI is InChI=1S/C11H21NO4/c1-11(8-15-3,10(13)14)12(2)7-9-5-4-6-16-9/h9H,4-8H2,1-3H3,(H,13,14). The number of carboxylic acids is 1. The molecule has 0 bridgehead atoms. The molecule has 1 fully saturated rings. The van der Waals surface area contributed by atoms with Gasteiger partial charge in [0, 0.05) is 20.3 Å². The molecule has 2 atom stereocenters. The fraction of sp³-hybridized carbons (Fsp3) is 0.909. The molecule has 2 unspecified atom stereocenters. The fourth-order valence-electron chi connectivity index (χ4n) is 1.91. The van der Waals surface area contributed by atoms with E-state index < -0.39 is 11.5 Å². The Labute approximate surface area is 96.3 Å². The average molecular weight is 231 g/mol. The van der Waals surface area contributed by atoms with E-state index >= 15 is 0 Å². The predicted molar refractivity (Wildman–Crippen MR) is 59.5 cm³/mol.